The van der Waals surface area contributed by atoms with Crippen molar-refractivity contribution in [3.63, 3.8) is 0 Å². The van der Waals surface area contributed by atoms with Gasteiger partial charge in [-0.2, -0.15) is 0 Å². The molecule has 0 spiro atoms. The maximum Gasteiger partial charge on any atom is 0.190 e. The molecule has 0 atom stereocenters. The van der Waals surface area contributed by atoms with E-state index in [-0.39, 0.29) is 0 Å². The summed E-state index contributed by atoms with van der Waals surface area (Å²) in [6.07, 6.45) is 0. The summed E-state index contributed by atoms with van der Waals surface area (Å²) in [5, 5.41) is 7.61. The van der Waals surface area contributed by atoms with E-state index in [1.165, 1.54) is 22.6 Å². The minimum Gasteiger partial charge on any atom is -0.202 e. The predicted molar refractivity (Wildman–Crippen MR) is 71.4 cm³/mol. The Balaban J connectivity index is 2.34. The van der Waals surface area contributed by atoms with Gasteiger partial charge < -0.3 is 0 Å². The Morgan fingerprint density at radius 1 is 0.800 bits per heavy atom. The summed E-state index contributed by atoms with van der Waals surface area (Å²) in [6, 6.07) is 6.44. The molecule has 0 fully saturated rings. The van der Waals surface area contributed by atoms with Gasteiger partial charge in [-0.15, -0.1) is 15.0 Å². The van der Waals surface area contributed by atoms with E-state index in [1.54, 1.807) is 24.3 Å². The van der Waals surface area contributed by atoms with Crippen LogP contribution >= 0.6 is 22.6 Å². The Labute approximate surface area is 123 Å². The van der Waals surface area contributed by atoms with E-state index in [4.69, 9.17) is 0 Å². The zero-order valence-corrected chi connectivity index (χ0v) is 11.7. The summed E-state index contributed by atoms with van der Waals surface area (Å²) < 4.78 is 53.9. The first kappa shape index (κ1) is 13.3. The van der Waals surface area contributed by atoms with Crippen LogP contribution in [0.5, 0.6) is 0 Å². The fourth-order valence-electron chi connectivity index (χ4n) is 1.73. The lowest BCUT2D eigenvalue weighted by Crippen LogP contribution is -2.11. The Morgan fingerprint density at radius 2 is 1.25 bits per heavy atom. The second-order valence-corrected chi connectivity index (χ2v) is 4.98. The SMILES string of the molecule is Fc1c(F)c(-n2nc3ccccc3n2)c(F)c(F)c1I. The van der Waals surface area contributed by atoms with Crippen LogP contribution in [0, 0.1) is 26.8 Å². The molecule has 102 valence electrons. The van der Waals surface area contributed by atoms with E-state index < -0.39 is 32.5 Å². The van der Waals surface area contributed by atoms with Crippen molar-refractivity contribution < 1.29 is 17.6 Å². The van der Waals surface area contributed by atoms with Crippen molar-refractivity contribution in [1.29, 1.82) is 0 Å². The van der Waals surface area contributed by atoms with Crippen molar-refractivity contribution in [3.05, 3.63) is 51.1 Å². The first-order valence-electron chi connectivity index (χ1n) is 5.34. The molecule has 3 rings (SSSR count). The van der Waals surface area contributed by atoms with Gasteiger partial charge in [-0.05, 0) is 34.7 Å². The number of nitrogens with zero attached hydrogens (tertiary/aromatic N) is 3. The van der Waals surface area contributed by atoms with Crippen LogP contribution in [0.15, 0.2) is 24.3 Å². The number of benzene rings is 2. The van der Waals surface area contributed by atoms with Gasteiger partial charge >= 0.3 is 0 Å². The maximum absolute atomic E-state index is 13.8. The Bertz CT molecular complexity index is 769. The third-order valence-corrected chi connectivity index (χ3v) is 3.62. The van der Waals surface area contributed by atoms with Gasteiger partial charge in [-0.25, -0.2) is 17.6 Å². The largest absolute Gasteiger partial charge is 0.202 e. The zero-order chi connectivity index (χ0) is 14.4. The lowest BCUT2D eigenvalue weighted by molar-refractivity contribution is 0.432. The van der Waals surface area contributed by atoms with Crippen molar-refractivity contribution >= 4 is 33.6 Å². The first-order valence-corrected chi connectivity index (χ1v) is 6.42. The predicted octanol–water partition coefficient (Wildman–Crippen LogP) is 3.58. The summed E-state index contributed by atoms with van der Waals surface area (Å²) in [4.78, 5) is 0.553. The molecule has 0 saturated carbocycles. The maximum atomic E-state index is 13.8. The molecule has 0 radical (unpaired) electrons. The van der Waals surface area contributed by atoms with E-state index in [0.717, 1.165) is 0 Å². The molecule has 3 aromatic rings. The molecule has 0 aliphatic rings. The second kappa shape index (κ2) is 4.69. The Kier molecular flexibility index (Phi) is 3.11. The molecule has 0 amide bonds. The monoisotopic (exact) mass is 393 g/mol. The molecule has 0 bridgehead atoms. The minimum atomic E-state index is -1.53. The molecule has 20 heavy (non-hydrogen) atoms. The number of hydrogen-bond acceptors (Lipinski definition) is 2. The van der Waals surface area contributed by atoms with Crippen molar-refractivity contribution in [3.8, 4) is 5.69 Å². The van der Waals surface area contributed by atoms with Crippen LogP contribution in [0.1, 0.15) is 0 Å². The topological polar surface area (TPSA) is 30.7 Å². The summed E-state index contributed by atoms with van der Waals surface area (Å²) in [5.41, 5.74) is -0.270. The fraction of sp³-hybridized carbons (Fsp3) is 0. The van der Waals surface area contributed by atoms with Crippen molar-refractivity contribution in [2.45, 2.75) is 0 Å². The molecule has 0 aliphatic heterocycles. The van der Waals surface area contributed by atoms with E-state index in [9.17, 15) is 17.6 Å². The summed E-state index contributed by atoms with van der Waals surface area (Å²) in [5.74, 6) is -6.01. The number of rotatable bonds is 1. The van der Waals surface area contributed by atoms with Crippen molar-refractivity contribution in [1.82, 2.24) is 15.0 Å². The summed E-state index contributed by atoms with van der Waals surface area (Å²) in [6.45, 7) is 0. The molecule has 0 saturated heterocycles. The molecule has 3 nitrogen and oxygen atoms in total. The molecule has 0 aliphatic carbocycles. The fourth-order valence-corrected chi connectivity index (χ4v) is 2.20. The van der Waals surface area contributed by atoms with Crippen LogP contribution in [0.2, 0.25) is 0 Å². The Morgan fingerprint density at radius 3 is 1.70 bits per heavy atom. The smallest absolute Gasteiger partial charge is 0.190 e. The number of fused-ring (bicyclic) bond motifs is 1. The van der Waals surface area contributed by atoms with Gasteiger partial charge in [0, 0.05) is 0 Å². The van der Waals surface area contributed by atoms with Crippen LogP contribution in [-0.2, 0) is 0 Å². The number of hydrogen-bond donors (Lipinski definition) is 0. The van der Waals surface area contributed by atoms with Gasteiger partial charge in [0.25, 0.3) is 0 Å². The highest BCUT2D eigenvalue weighted by atomic mass is 127. The lowest BCUT2D eigenvalue weighted by Gasteiger charge is -2.07. The minimum absolute atomic E-state index is 0.352. The zero-order valence-electron chi connectivity index (χ0n) is 9.54. The van der Waals surface area contributed by atoms with E-state index >= 15 is 0 Å². The van der Waals surface area contributed by atoms with Gasteiger partial charge in [-0.3, -0.25) is 0 Å². The van der Waals surface area contributed by atoms with Gasteiger partial charge in [-0.1, -0.05) is 12.1 Å². The van der Waals surface area contributed by atoms with Crippen LogP contribution in [-0.4, -0.2) is 15.0 Å². The quantitative estimate of drug-likeness (QED) is 0.274. The molecular weight excluding hydrogens is 389 g/mol. The Hall–Kier alpha value is -1.71. The van der Waals surface area contributed by atoms with Gasteiger partial charge in [0.05, 0.1) is 3.57 Å². The molecule has 1 heterocycles. The standard InChI is InChI=1S/C12H4F4IN3/c13-7-9(15)12(10(16)8(14)11(7)17)20-18-5-3-1-2-4-6(5)19-20/h1-4H. The third kappa shape index (κ3) is 1.86. The van der Waals surface area contributed by atoms with Gasteiger partial charge in [0.2, 0.25) is 0 Å². The normalized spacial score (nSPS) is 11.2. The highest BCUT2D eigenvalue weighted by Gasteiger charge is 2.26. The summed E-state index contributed by atoms with van der Waals surface area (Å²) in [7, 11) is 0. The molecule has 0 N–H and O–H groups in total. The van der Waals surface area contributed by atoms with Gasteiger partial charge in [0.15, 0.2) is 29.0 Å². The van der Waals surface area contributed by atoms with Crippen LogP contribution < -0.4 is 0 Å². The first-order chi connectivity index (χ1) is 9.50. The van der Waals surface area contributed by atoms with Crippen molar-refractivity contribution in [2.24, 2.45) is 0 Å². The highest BCUT2D eigenvalue weighted by molar-refractivity contribution is 14.1. The molecule has 1 aromatic heterocycles. The van der Waals surface area contributed by atoms with Crippen molar-refractivity contribution in [2.75, 3.05) is 0 Å². The van der Waals surface area contributed by atoms with Crippen LogP contribution in [0.25, 0.3) is 16.7 Å². The molecule has 8 heteroatoms. The average Bonchev–Trinajstić information content (AvgIpc) is 2.86. The molecular formula is C12H4F4IN3. The summed E-state index contributed by atoms with van der Waals surface area (Å²) >= 11 is 1.19. The van der Waals surface area contributed by atoms with E-state index in [1.807, 2.05) is 0 Å². The molecule has 0 unspecified atom stereocenters. The number of aromatic nitrogens is 3. The van der Waals surface area contributed by atoms with Crippen LogP contribution in [0.3, 0.4) is 0 Å². The highest BCUT2D eigenvalue weighted by Crippen LogP contribution is 2.27. The number of halogens is 5. The average molecular weight is 393 g/mol. The third-order valence-electron chi connectivity index (χ3n) is 2.67. The van der Waals surface area contributed by atoms with Crippen LogP contribution in [0.4, 0.5) is 17.6 Å². The van der Waals surface area contributed by atoms with Gasteiger partial charge in [0.1, 0.15) is 11.0 Å². The second-order valence-electron chi connectivity index (χ2n) is 3.90. The molecule has 2 aromatic carbocycles. The lowest BCUT2D eigenvalue weighted by atomic mass is 10.2. The van der Waals surface area contributed by atoms with E-state index in [2.05, 4.69) is 10.2 Å². The van der Waals surface area contributed by atoms with E-state index in [0.29, 0.717) is 15.8 Å².